The van der Waals surface area contributed by atoms with Crippen LogP contribution in [0.1, 0.15) is 36.0 Å². The van der Waals surface area contributed by atoms with E-state index in [2.05, 4.69) is 32.9 Å². The number of aromatic nitrogens is 3. The van der Waals surface area contributed by atoms with Crippen LogP contribution in [0.4, 0.5) is 0 Å². The molecule has 2 aromatic heterocycles. The Hall–Kier alpha value is -1.86. The van der Waals surface area contributed by atoms with Crippen LogP contribution in [0.5, 0.6) is 0 Å². The van der Waals surface area contributed by atoms with E-state index in [0.29, 0.717) is 18.9 Å². The molecule has 1 N–H and O–H groups in total. The van der Waals surface area contributed by atoms with E-state index in [1.807, 2.05) is 23.6 Å². The Morgan fingerprint density at radius 3 is 2.95 bits per heavy atom. The molecule has 0 spiro atoms. The Labute approximate surface area is 136 Å². The SMILES string of the molecule is CC(C)c1csc(CNC(=O)Cc2cccc3nsnc23)n1. The van der Waals surface area contributed by atoms with E-state index in [1.54, 1.807) is 11.3 Å². The molecule has 0 atom stereocenters. The van der Waals surface area contributed by atoms with Gasteiger partial charge < -0.3 is 5.32 Å². The van der Waals surface area contributed by atoms with Crippen LogP contribution < -0.4 is 5.32 Å². The van der Waals surface area contributed by atoms with Crippen LogP contribution >= 0.6 is 23.1 Å². The Kier molecular flexibility index (Phi) is 4.44. The number of carbonyl (C=O) groups is 1. The first-order chi connectivity index (χ1) is 10.6. The second-order valence-corrected chi connectivity index (χ2v) is 6.79. The molecule has 0 radical (unpaired) electrons. The van der Waals surface area contributed by atoms with E-state index in [-0.39, 0.29) is 5.91 Å². The Balaban J connectivity index is 1.61. The molecule has 22 heavy (non-hydrogen) atoms. The van der Waals surface area contributed by atoms with Gasteiger partial charge in [-0.15, -0.1) is 11.3 Å². The molecule has 2 heterocycles. The number of carbonyl (C=O) groups excluding carboxylic acids is 1. The molecule has 0 fully saturated rings. The highest BCUT2D eigenvalue weighted by Crippen LogP contribution is 2.18. The maximum absolute atomic E-state index is 12.1. The molecule has 0 bridgehead atoms. The number of thiazole rings is 1. The molecule has 0 aliphatic carbocycles. The van der Waals surface area contributed by atoms with Crippen LogP contribution in [-0.2, 0) is 17.8 Å². The number of nitrogens with zero attached hydrogens (tertiary/aromatic N) is 3. The molecule has 3 aromatic rings. The molecule has 0 aliphatic rings. The molecule has 114 valence electrons. The van der Waals surface area contributed by atoms with E-state index in [1.165, 1.54) is 11.7 Å². The first-order valence-electron chi connectivity index (χ1n) is 7.04. The zero-order chi connectivity index (χ0) is 15.5. The molecule has 0 aliphatic heterocycles. The van der Waals surface area contributed by atoms with Gasteiger partial charge in [-0.25, -0.2) is 4.98 Å². The molecule has 0 unspecified atom stereocenters. The predicted molar refractivity (Wildman–Crippen MR) is 89.2 cm³/mol. The van der Waals surface area contributed by atoms with Gasteiger partial charge >= 0.3 is 0 Å². The van der Waals surface area contributed by atoms with Crippen molar-refractivity contribution in [3.05, 3.63) is 39.8 Å². The number of hydrogen-bond donors (Lipinski definition) is 1. The fraction of sp³-hybridized carbons (Fsp3) is 0.333. The van der Waals surface area contributed by atoms with E-state index in [4.69, 9.17) is 0 Å². The summed E-state index contributed by atoms with van der Waals surface area (Å²) in [5.41, 5.74) is 3.65. The summed E-state index contributed by atoms with van der Waals surface area (Å²) in [6.07, 6.45) is 0.311. The van der Waals surface area contributed by atoms with Crippen molar-refractivity contribution in [1.29, 1.82) is 0 Å². The third-order valence-corrected chi connectivity index (χ3v) is 4.73. The predicted octanol–water partition coefficient (Wildman–Crippen LogP) is 3.13. The van der Waals surface area contributed by atoms with Crippen molar-refractivity contribution < 1.29 is 4.79 Å². The average molecular weight is 332 g/mol. The van der Waals surface area contributed by atoms with Crippen molar-refractivity contribution >= 4 is 40.0 Å². The molecule has 5 nitrogen and oxygen atoms in total. The second-order valence-electron chi connectivity index (χ2n) is 5.32. The highest BCUT2D eigenvalue weighted by molar-refractivity contribution is 7.09. The summed E-state index contributed by atoms with van der Waals surface area (Å²) in [5.74, 6) is 0.386. The van der Waals surface area contributed by atoms with Gasteiger partial charge in [0.1, 0.15) is 16.0 Å². The van der Waals surface area contributed by atoms with Crippen molar-refractivity contribution in [1.82, 2.24) is 19.0 Å². The van der Waals surface area contributed by atoms with Gasteiger partial charge in [-0.05, 0) is 17.5 Å². The molecule has 1 aromatic carbocycles. The van der Waals surface area contributed by atoms with E-state index >= 15 is 0 Å². The van der Waals surface area contributed by atoms with Crippen molar-refractivity contribution in [2.24, 2.45) is 0 Å². The lowest BCUT2D eigenvalue weighted by atomic mass is 10.1. The smallest absolute Gasteiger partial charge is 0.224 e. The molecule has 0 saturated heterocycles. The van der Waals surface area contributed by atoms with Crippen LogP contribution in [0.25, 0.3) is 11.0 Å². The minimum atomic E-state index is -0.0261. The number of fused-ring (bicyclic) bond motifs is 1. The summed E-state index contributed by atoms with van der Waals surface area (Å²) >= 11 is 2.75. The molecule has 1 amide bonds. The van der Waals surface area contributed by atoms with Crippen LogP contribution in [-0.4, -0.2) is 19.6 Å². The molecular weight excluding hydrogens is 316 g/mol. The van der Waals surface area contributed by atoms with Gasteiger partial charge in [0.05, 0.1) is 30.4 Å². The van der Waals surface area contributed by atoms with Gasteiger partial charge in [-0.3, -0.25) is 4.79 Å². The summed E-state index contributed by atoms with van der Waals surface area (Å²) in [7, 11) is 0. The number of rotatable bonds is 5. The summed E-state index contributed by atoms with van der Waals surface area (Å²) < 4.78 is 8.44. The largest absolute Gasteiger partial charge is 0.349 e. The van der Waals surface area contributed by atoms with Crippen LogP contribution in [0.2, 0.25) is 0 Å². The summed E-state index contributed by atoms with van der Waals surface area (Å²) in [6.45, 7) is 4.70. The zero-order valence-corrected chi connectivity index (χ0v) is 14.0. The van der Waals surface area contributed by atoms with Crippen LogP contribution in [0.15, 0.2) is 23.6 Å². The lowest BCUT2D eigenvalue weighted by Crippen LogP contribution is -2.24. The minimum Gasteiger partial charge on any atom is -0.349 e. The van der Waals surface area contributed by atoms with Crippen LogP contribution in [0.3, 0.4) is 0 Å². The fourth-order valence-corrected chi connectivity index (χ4v) is 3.55. The monoisotopic (exact) mass is 332 g/mol. The Morgan fingerprint density at radius 2 is 2.18 bits per heavy atom. The van der Waals surface area contributed by atoms with Crippen LogP contribution in [0, 0.1) is 0 Å². The lowest BCUT2D eigenvalue weighted by molar-refractivity contribution is -0.120. The van der Waals surface area contributed by atoms with Gasteiger partial charge in [0.25, 0.3) is 0 Å². The summed E-state index contributed by atoms with van der Waals surface area (Å²) in [4.78, 5) is 16.6. The van der Waals surface area contributed by atoms with Gasteiger partial charge in [0.15, 0.2) is 0 Å². The van der Waals surface area contributed by atoms with Crippen molar-refractivity contribution in [2.45, 2.75) is 32.7 Å². The zero-order valence-electron chi connectivity index (χ0n) is 12.4. The first-order valence-corrected chi connectivity index (χ1v) is 8.65. The molecular formula is C15H16N4OS2. The maximum atomic E-state index is 12.1. The molecule has 0 saturated carbocycles. The minimum absolute atomic E-state index is 0.0261. The Bertz CT molecular complexity index is 794. The van der Waals surface area contributed by atoms with Gasteiger partial charge in [-0.2, -0.15) is 8.75 Å². The number of hydrogen-bond acceptors (Lipinski definition) is 6. The number of amides is 1. The maximum Gasteiger partial charge on any atom is 0.224 e. The quantitative estimate of drug-likeness (QED) is 0.779. The highest BCUT2D eigenvalue weighted by Gasteiger charge is 2.11. The average Bonchev–Trinajstić information content (AvgIpc) is 3.14. The van der Waals surface area contributed by atoms with Crippen molar-refractivity contribution in [3.8, 4) is 0 Å². The summed E-state index contributed by atoms with van der Waals surface area (Å²) in [5, 5.41) is 5.91. The van der Waals surface area contributed by atoms with Gasteiger partial charge in [0, 0.05) is 5.38 Å². The van der Waals surface area contributed by atoms with Crippen molar-refractivity contribution in [2.75, 3.05) is 0 Å². The number of benzene rings is 1. The van der Waals surface area contributed by atoms with Gasteiger partial charge in [0.2, 0.25) is 5.91 Å². The van der Waals surface area contributed by atoms with E-state index in [9.17, 15) is 4.79 Å². The standard InChI is InChI=1S/C15H16N4OS2/c1-9(2)12-8-21-14(17-12)7-16-13(20)6-10-4-3-5-11-15(10)19-22-18-11/h3-5,8-9H,6-7H2,1-2H3,(H,16,20). The molecule has 7 heteroatoms. The second kappa shape index (κ2) is 6.50. The Morgan fingerprint density at radius 1 is 1.32 bits per heavy atom. The normalized spacial score (nSPS) is 11.2. The highest BCUT2D eigenvalue weighted by atomic mass is 32.1. The first kappa shape index (κ1) is 15.1. The third-order valence-electron chi connectivity index (χ3n) is 3.32. The molecule has 3 rings (SSSR count). The van der Waals surface area contributed by atoms with E-state index < -0.39 is 0 Å². The fourth-order valence-electron chi connectivity index (χ4n) is 2.09. The van der Waals surface area contributed by atoms with Gasteiger partial charge in [-0.1, -0.05) is 26.0 Å². The number of nitrogens with one attached hydrogen (secondary N) is 1. The summed E-state index contributed by atoms with van der Waals surface area (Å²) in [6, 6.07) is 5.73. The third kappa shape index (κ3) is 3.31. The van der Waals surface area contributed by atoms with E-state index in [0.717, 1.165) is 27.3 Å². The lowest BCUT2D eigenvalue weighted by Gasteiger charge is -2.04. The van der Waals surface area contributed by atoms with Crippen molar-refractivity contribution in [3.63, 3.8) is 0 Å². The topological polar surface area (TPSA) is 67.8 Å².